The van der Waals surface area contributed by atoms with E-state index in [-0.39, 0.29) is 11.9 Å². The van der Waals surface area contributed by atoms with Crippen molar-refractivity contribution >= 4 is 11.6 Å². The molecule has 0 saturated heterocycles. The number of carbonyl (C=O) groups is 1. The van der Waals surface area contributed by atoms with E-state index in [4.69, 9.17) is 0 Å². The van der Waals surface area contributed by atoms with Crippen molar-refractivity contribution in [3.05, 3.63) is 24.0 Å². The first kappa shape index (κ1) is 17.4. The lowest BCUT2D eigenvalue weighted by Crippen LogP contribution is -2.45. The number of pyridine rings is 1. The Hall–Kier alpha value is -1.62. The lowest BCUT2D eigenvalue weighted by atomic mass is 10.0. The summed E-state index contributed by atoms with van der Waals surface area (Å²) in [5, 5.41) is 6.31. The molecule has 0 saturated carbocycles. The summed E-state index contributed by atoms with van der Waals surface area (Å²) >= 11 is 0. The third-order valence-corrected chi connectivity index (χ3v) is 3.26. The third kappa shape index (κ3) is 6.12. The highest BCUT2D eigenvalue weighted by atomic mass is 16.1. The molecule has 2 N–H and O–H groups in total. The molecule has 118 valence electrons. The summed E-state index contributed by atoms with van der Waals surface area (Å²) in [4.78, 5) is 18.6. The standard InChI is InChI=1S/C16H28N4O/c1-6-9-17-13-7-8-14(18-10-13)16(21)19-15(12(2)3)11-20(4)5/h7-8,10,12,15,17H,6,9,11H2,1-5H3,(H,19,21). The molecular formula is C16H28N4O. The van der Waals surface area contributed by atoms with Crippen LogP contribution < -0.4 is 10.6 Å². The molecule has 0 spiro atoms. The van der Waals surface area contributed by atoms with Crippen molar-refractivity contribution in [3.8, 4) is 0 Å². The Kier molecular flexibility index (Phi) is 7.15. The van der Waals surface area contributed by atoms with Crippen LogP contribution in [0.2, 0.25) is 0 Å². The molecule has 1 unspecified atom stereocenters. The van der Waals surface area contributed by atoms with Gasteiger partial charge in [-0.1, -0.05) is 20.8 Å². The van der Waals surface area contributed by atoms with Crippen LogP contribution in [0.5, 0.6) is 0 Å². The van der Waals surface area contributed by atoms with Crippen LogP contribution in [0.25, 0.3) is 0 Å². The Morgan fingerprint density at radius 2 is 2.05 bits per heavy atom. The smallest absolute Gasteiger partial charge is 0.270 e. The summed E-state index contributed by atoms with van der Waals surface area (Å²) in [5.74, 6) is 0.263. The van der Waals surface area contributed by atoms with Crippen molar-refractivity contribution in [2.75, 3.05) is 32.5 Å². The zero-order valence-electron chi connectivity index (χ0n) is 13.8. The summed E-state index contributed by atoms with van der Waals surface area (Å²) in [5.41, 5.74) is 1.41. The van der Waals surface area contributed by atoms with Gasteiger partial charge in [0.25, 0.3) is 5.91 Å². The Bertz CT molecular complexity index is 428. The van der Waals surface area contributed by atoms with Gasteiger partial charge < -0.3 is 15.5 Å². The van der Waals surface area contributed by atoms with Crippen molar-refractivity contribution in [1.82, 2.24) is 15.2 Å². The third-order valence-electron chi connectivity index (χ3n) is 3.26. The van der Waals surface area contributed by atoms with E-state index in [0.29, 0.717) is 11.6 Å². The average molecular weight is 292 g/mol. The van der Waals surface area contributed by atoms with E-state index in [1.807, 2.05) is 20.2 Å². The number of amides is 1. The summed E-state index contributed by atoms with van der Waals surface area (Å²) in [6, 6.07) is 3.78. The van der Waals surface area contributed by atoms with E-state index in [1.54, 1.807) is 12.3 Å². The fraction of sp³-hybridized carbons (Fsp3) is 0.625. The van der Waals surface area contributed by atoms with Gasteiger partial charge in [-0.25, -0.2) is 4.98 Å². The van der Waals surface area contributed by atoms with Crippen molar-refractivity contribution in [3.63, 3.8) is 0 Å². The minimum Gasteiger partial charge on any atom is -0.384 e. The van der Waals surface area contributed by atoms with Crippen molar-refractivity contribution in [1.29, 1.82) is 0 Å². The summed E-state index contributed by atoms with van der Waals surface area (Å²) in [6.45, 7) is 8.06. The molecule has 0 aliphatic heterocycles. The van der Waals surface area contributed by atoms with Crippen molar-refractivity contribution in [2.45, 2.75) is 33.2 Å². The van der Waals surface area contributed by atoms with Crippen molar-refractivity contribution in [2.24, 2.45) is 5.92 Å². The van der Waals surface area contributed by atoms with Crippen molar-refractivity contribution < 1.29 is 4.79 Å². The molecule has 0 radical (unpaired) electrons. The number of anilines is 1. The van der Waals surface area contributed by atoms with Gasteiger partial charge in [-0.2, -0.15) is 0 Å². The molecule has 0 aliphatic rings. The summed E-state index contributed by atoms with van der Waals surface area (Å²) in [6.07, 6.45) is 2.77. The van der Waals surface area contributed by atoms with Crippen LogP contribution in [-0.4, -0.2) is 49.0 Å². The Balaban J connectivity index is 2.65. The van der Waals surface area contributed by atoms with E-state index in [0.717, 1.165) is 25.2 Å². The lowest BCUT2D eigenvalue weighted by Gasteiger charge is -2.25. The van der Waals surface area contributed by atoms with Gasteiger partial charge in [0, 0.05) is 19.1 Å². The quantitative estimate of drug-likeness (QED) is 0.771. The normalized spacial score (nSPS) is 12.5. The molecule has 5 heteroatoms. The zero-order chi connectivity index (χ0) is 15.8. The van der Waals surface area contributed by atoms with E-state index in [2.05, 4.69) is 41.3 Å². The maximum atomic E-state index is 12.3. The van der Waals surface area contributed by atoms with Gasteiger partial charge in [-0.3, -0.25) is 4.79 Å². The fourth-order valence-electron chi connectivity index (χ4n) is 1.96. The minimum absolute atomic E-state index is 0.113. The maximum Gasteiger partial charge on any atom is 0.270 e. The van der Waals surface area contributed by atoms with E-state index in [9.17, 15) is 4.79 Å². The van der Waals surface area contributed by atoms with E-state index in [1.165, 1.54) is 0 Å². The number of hydrogen-bond acceptors (Lipinski definition) is 4. The van der Waals surface area contributed by atoms with Gasteiger partial charge in [-0.15, -0.1) is 0 Å². The summed E-state index contributed by atoms with van der Waals surface area (Å²) < 4.78 is 0. The van der Waals surface area contributed by atoms with Crippen LogP contribution in [0.1, 0.15) is 37.7 Å². The first-order valence-electron chi connectivity index (χ1n) is 7.59. The van der Waals surface area contributed by atoms with Gasteiger partial charge in [0.05, 0.1) is 11.9 Å². The molecule has 1 aromatic rings. The van der Waals surface area contributed by atoms with Gasteiger partial charge in [0.1, 0.15) is 5.69 Å². The first-order valence-corrected chi connectivity index (χ1v) is 7.59. The first-order chi connectivity index (χ1) is 9.93. The molecule has 0 aliphatic carbocycles. The molecule has 1 rings (SSSR count). The number of rotatable bonds is 8. The minimum atomic E-state index is -0.113. The predicted molar refractivity (Wildman–Crippen MR) is 87.7 cm³/mol. The van der Waals surface area contributed by atoms with Gasteiger partial charge in [0.15, 0.2) is 0 Å². The van der Waals surface area contributed by atoms with Crippen LogP contribution in [-0.2, 0) is 0 Å². The highest BCUT2D eigenvalue weighted by molar-refractivity contribution is 5.92. The van der Waals surface area contributed by atoms with Crippen LogP contribution in [0.15, 0.2) is 18.3 Å². The largest absolute Gasteiger partial charge is 0.384 e. The Labute approximate surface area is 128 Å². The van der Waals surface area contributed by atoms with E-state index >= 15 is 0 Å². The highest BCUT2D eigenvalue weighted by Gasteiger charge is 2.18. The molecule has 0 fully saturated rings. The van der Waals surface area contributed by atoms with E-state index < -0.39 is 0 Å². The molecule has 0 bridgehead atoms. The maximum absolute atomic E-state index is 12.3. The van der Waals surface area contributed by atoms with Crippen LogP contribution >= 0.6 is 0 Å². The fourth-order valence-corrected chi connectivity index (χ4v) is 1.96. The average Bonchev–Trinajstić information content (AvgIpc) is 2.44. The SMILES string of the molecule is CCCNc1ccc(C(=O)NC(CN(C)C)C(C)C)nc1. The number of likely N-dealkylation sites (N-methyl/N-ethyl adjacent to an activating group) is 1. The lowest BCUT2D eigenvalue weighted by molar-refractivity contribution is 0.0911. The molecular weight excluding hydrogens is 264 g/mol. The topological polar surface area (TPSA) is 57.3 Å². The molecule has 1 amide bonds. The number of aromatic nitrogens is 1. The molecule has 5 nitrogen and oxygen atoms in total. The highest BCUT2D eigenvalue weighted by Crippen LogP contribution is 2.08. The number of nitrogens with one attached hydrogen (secondary N) is 2. The molecule has 1 heterocycles. The second-order valence-electron chi connectivity index (χ2n) is 5.95. The predicted octanol–water partition coefficient (Wildman–Crippen LogP) is 2.22. The number of hydrogen-bond donors (Lipinski definition) is 2. The summed E-state index contributed by atoms with van der Waals surface area (Å²) in [7, 11) is 4.02. The second-order valence-corrected chi connectivity index (χ2v) is 5.95. The second kappa shape index (κ2) is 8.62. The zero-order valence-corrected chi connectivity index (χ0v) is 13.8. The molecule has 21 heavy (non-hydrogen) atoms. The Morgan fingerprint density at radius 3 is 2.52 bits per heavy atom. The monoisotopic (exact) mass is 292 g/mol. The van der Waals surface area contributed by atoms with Crippen LogP contribution in [0, 0.1) is 5.92 Å². The van der Waals surface area contributed by atoms with Crippen LogP contribution in [0.4, 0.5) is 5.69 Å². The number of carbonyl (C=O) groups excluding carboxylic acids is 1. The number of nitrogens with zero attached hydrogens (tertiary/aromatic N) is 2. The molecule has 0 aromatic carbocycles. The van der Waals surface area contributed by atoms with Gasteiger partial charge >= 0.3 is 0 Å². The van der Waals surface area contributed by atoms with Crippen LogP contribution in [0.3, 0.4) is 0 Å². The molecule has 1 aromatic heterocycles. The Morgan fingerprint density at radius 1 is 1.33 bits per heavy atom. The molecule has 1 atom stereocenters. The van der Waals surface area contributed by atoms with Gasteiger partial charge in [-0.05, 0) is 38.6 Å². The van der Waals surface area contributed by atoms with Gasteiger partial charge in [0.2, 0.25) is 0 Å².